The highest BCUT2D eigenvalue weighted by atomic mass is 32.1. The molecule has 7 heteroatoms. The number of anilines is 3. The highest BCUT2D eigenvalue weighted by Gasteiger charge is 2.12. The van der Waals surface area contributed by atoms with E-state index < -0.39 is 0 Å². The van der Waals surface area contributed by atoms with Crippen LogP contribution in [0.5, 0.6) is 0 Å². The lowest BCUT2D eigenvalue weighted by Gasteiger charge is -2.03. The first-order chi connectivity index (χ1) is 11.6. The van der Waals surface area contributed by atoms with Gasteiger partial charge in [0, 0.05) is 16.8 Å². The molecule has 3 rings (SSSR count). The van der Waals surface area contributed by atoms with Gasteiger partial charge in [-0.15, -0.1) is 11.3 Å². The molecule has 1 aromatic carbocycles. The average Bonchev–Trinajstić information content (AvgIpc) is 3.04. The van der Waals surface area contributed by atoms with E-state index in [1.165, 1.54) is 11.3 Å². The second-order valence-electron chi connectivity index (χ2n) is 4.97. The molecular weight excluding hydrogens is 322 g/mol. The number of nitrogens with zero attached hydrogens (tertiary/aromatic N) is 3. The Morgan fingerprint density at radius 2 is 2.04 bits per heavy atom. The van der Waals surface area contributed by atoms with E-state index in [4.69, 9.17) is 5.26 Å². The van der Waals surface area contributed by atoms with Gasteiger partial charge in [-0.1, -0.05) is 12.1 Å². The predicted octanol–water partition coefficient (Wildman–Crippen LogP) is 3.71. The number of nitriles is 1. The van der Waals surface area contributed by atoms with Crippen molar-refractivity contribution in [3.63, 3.8) is 0 Å². The number of carbonyl (C=O) groups is 1. The van der Waals surface area contributed by atoms with Gasteiger partial charge in [-0.2, -0.15) is 5.26 Å². The van der Waals surface area contributed by atoms with Crippen molar-refractivity contribution in [1.82, 2.24) is 9.97 Å². The highest BCUT2D eigenvalue weighted by Crippen LogP contribution is 2.21. The minimum absolute atomic E-state index is 0.303. The van der Waals surface area contributed by atoms with Gasteiger partial charge in [0.05, 0.1) is 11.6 Å². The number of hydrogen-bond acceptors (Lipinski definition) is 6. The third-order valence-corrected chi connectivity index (χ3v) is 3.87. The molecule has 0 saturated carbocycles. The van der Waals surface area contributed by atoms with Gasteiger partial charge in [-0.25, -0.2) is 9.97 Å². The van der Waals surface area contributed by atoms with Gasteiger partial charge in [0.1, 0.15) is 11.5 Å². The number of thiazole rings is 1. The van der Waals surface area contributed by atoms with E-state index >= 15 is 0 Å². The summed E-state index contributed by atoms with van der Waals surface area (Å²) in [7, 11) is 0. The number of pyridine rings is 1. The molecule has 0 saturated heterocycles. The normalized spacial score (nSPS) is 10.0. The fourth-order valence-electron chi connectivity index (χ4n) is 2.02. The number of nitrogens with one attached hydrogen (secondary N) is 2. The molecule has 118 valence electrons. The summed E-state index contributed by atoms with van der Waals surface area (Å²) in [5.74, 6) is 0.352. The SMILES string of the molecule is Cc1cccc(Nc2nc(C(=O)Nc3cccc(C#N)c3)cs2)n1. The quantitative estimate of drug-likeness (QED) is 0.758. The standard InChI is InChI=1S/C17H13N5OS/c1-11-4-2-7-15(19-11)22-17-21-14(10-24-17)16(23)20-13-6-3-5-12(8-13)9-18/h2-8,10H,1H3,(H,20,23)(H,19,21,22). The fraction of sp³-hybridized carbons (Fsp3) is 0.0588. The van der Waals surface area contributed by atoms with Crippen LogP contribution in [-0.2, 0) is 0 Å². The maximum absolute atomic E-state index is 12.2. The molecule has 0 unspecified atom stereocenters. The first-order valence-electron chi connectivity index (χ1n) is 7.12. The summed E-state index contributed by atoms with van der Waals surface area (Å²) < 4.78 is 0. The molecular formula is C17H13N5OS. The Kier molecular flexibility index (Phi) is 4.50. The van der Waals surface area contributed by atoms with E-state index in [0.29, 0.717) is 27.9 Å². The number of aromatic nitrogens is 2. The molecule has 24 heavy (non-hydrogen) atoms. The second-order valence-corrected chi connectivity index (χ2v) is 5.83. The van der Waals surface area contributed by atoms with Crippen LogP contribution in [0, 0.1) is 18.3 Å². The van der Waals surface area contributed by atoms with Gasteiger partial charge in [-0.3, -0.25) is 4.79 Å². The molecule has 1 amide bonds. The average molecular weight is 335 g/mol. The third kappa shape index (κ3) is 3.74. The van der Waals surface area contributed by atoms with Crippen molar-refractivity contribution in [2.75, 3.05) is 10.6 Å². The van der Waals surface area contributed by atoms with Crippen molar-refractivity contribution in [3.05, 3.63) is 64.8 Å². The van der Waals surface area contributed by atoms with E-state index in [1.807, 2.05) is 31.2 Å². The van der Waals surface area contributed by atoms with E-state index in [2.05, 4.69) is 20.6 Å². The lowest BCUT2D eigenvalue weighted by atomic mass is 10.2. The monoisotopic (exact) mass is 335 g/mol. The molecule has 0 aliphatic rings. The van der Waals surface area contributed by atoms with Crippen LogP contribution in [0.25, 0.3) is 0 Å². The Balaban J connectivity index is 1.70. The second kappa shape index (κ2) is 6.89. The Morgan fingerprint density at radius 1 is 1.21 bits per heavy atom. The van der Waals surface area contributed by atoms with Crippen LogP contribution in [0.1, 0.15) is 21.7 Å². The summed E-state index contributed by atoms with van der Waals surface area (Å²) in [5.41, 5.74) is 2.24. The molecule has 0 fully saturated rings. The lowest BCUT2D eigenvalue weighted by molar-refractivity contribution is 0.102. The zero-order chi connectivity index (χ0) is 16.9. The molecule has 0 bridgehead atoms. The molecule has 2 heterocycles. The van der Waals surface area contributed by atoms with Gasteiger partial charge in [-0.05, 0) is 37.3 Å². The molecule has 0 atom stereocenters. The van der Waals surface area contributed by atoms with Crippen molar-refractivity contribution >= 4 is 33.9 Å². The molecule has 0 aliphatic carbocycles. The van der Waals surface area contributed by atoms with Crippen molar-refractivity contribution in [2.45, 2.75) is 6.92 Å². The van der Waals surface area contributed by atoms with Crippen molar-refractivity contribution in [3.8, 4) is 6.07 Å². The van der Waals surface area contributed by atoms with Crippen LogP contribution < -0.4 is 10.6 Å². The van der Waals surface area contributed by atoms with Crippen molar-refractivity contribution < 1.29 is 4.79 Å². The summed E-state index contributed by atoms with van der Waals surface area (Å²) in [6.45, 7) is 1.90. The van der Waals surface area contributed by atoms with Gasteiger partial charge in [0.15, 0.2) is 5.13 Å². The topological polar surface area (TPSA) is 90.7 Å². The molecule has 0 radical (unpaired) electrons. The summed E-state index contributed by atoms with van der Waals surface area (Å²) in [4.78, 5) is 20.8. The molecule has 2 N–H and O–H groups in total. The number of hydrogen-bond donors (Lipinski definition) is 2. The first-order valence-corrected chi connectivity index (χ1v) is 8.00. The molecule has 3 aromatic rings. The van der Waals surface area contributed by atoms with E-state index in [-0.39, 0.29) is 5.91 Å². The van der Waals surface area contributed by atoms with Gasteiger partial charge < -0.3 is 10.6 Å². The van der Waals surface area contributed by atoms with E-state index in [1.54, 1.807) is 29.6 Å². The maximum atomic E-state index is 12.2. The predicted molar refractivity (Wildman–Crippen MR) is 93.5 cm³/mol. The molecule has 6 nitrogen and oxygen atoms in total. The summed E-state index contributed by atoms with van der Waals surface area (Å²) >= 11 is 1.32. The van der Waals surface area contributed by atoms with Gasteiger partial charge in [0.2, 0.25) is 0 Å². The van der Waals surface area contributed by atoms with Crippen molar-refractivity contribution in [2.24, 2.45) is 0 Å². The third-order valence-electron chi connectivity index (χ3n) is 3.11. The molecule has 2 aromatic heterocycles. The number of amides is 1. The van der Waals surface area contributed by atoms with Crippen LogP contribution in [-0.4, -0.2) is 15.9 Å². The van der Waals surface area contributed by atoms with Crippen molar-refractivity contribution in [1.29, 1.82) is 5.26 Å². The number of carbonyl (C=O) groups excluding carboxylic acids is 1. The fourth-order valence-corrected chi connectivity index (χ4v) is 2.72. The molecule has 0 spiro atoms. The summed E-state index contributed by atoms with van der Waals surface area (Å²) in [5, 5.41) is 16.9. The number of rotatable bonds is 4. The van der Waals surface area contributed by atoms with Crippen LogP contribution in [0.15, 0.2) is 47.8 Å². The Bertz CT molecular complexity index is 928. The zero-order valence-corrected chi connectivity index (χ0v) is 13.6. The summed E-state index contributed by atoms with van der Waals surface area (Å²) in [6.07, 6.45) is 0. The first kappa shape index (κ1) is 15.6. The zero-order valence-electron chi connectivity index (χ0n) is 12.8. The Labute approximate surface area is 142 Å². The number of aryl methyl sites for hydroxylation is 1. The Morgan fingerprint density at radius 3 is 2.83 bits per heavy atom. The smallest absolute Gasteiger partial charge is 0.275 e. The van der Waals surface area contributed by atoms with Crippen LogP contribution >= 0.6 is 11.3 Å². The van der Waals surface area contributed by atoms with Crippen LogP contribution in [0.4, 0.5) is 16.6 Å². The largest absolute Gasteiger partial charge is 0.321 e. The van der Waals surface area contributed by atoms with Crippen LogP contribution in [0.2, 0.25) is 0 Å². The molecule has 0 aliphatic heterocycles. The van der Waals surface area contributed by atoms with E-state index in [0.717, 1.165) is 5.69 Å². The van der Waals surface area contributed by atoms with Gasteiger partial charge >= 0.3 is 0 Å². The Hall–Kier alpha value is -3.24. The number of benzene rings is 1. The van der Waals surface area contributed by atoms with Gasteiger partial charge in [0.25, 0.3) is 5.91 Å². The minimum Gasteiger partial charge on any atom is -0.321 e. The van der Waals surface area contributed by atoms with E-state index in [9.17, 15) is 4.79 Å². The highest BCUT2D eigenvalue weighted by molar-refractivity contribution is 7.14. The summed E-state index contributed by atoms with van der Waals surface area (Å²) in [6, 6.07) is 14.4. The lowest BCUT2D eigenvalue weighted by Crippen LogP contribution is -2.12. The van der Waals surface area contributed by atoms with Crippen LogP contribution in [0.3, 0.4) is 0 Å². The minimum atomic E-state index is -0.327. The maximum Gasteiger partial charge on any atom is 0.275 e.